The molecule has 0 fully saturated rings. The predicted molar refractivity (Wildman–Crippen MR) is 69.5 cm³/mol. The highest BCUT2D eigenvalue weighted by molar-refractivity contribution is 7.89. The molecule has 4 N–H and O–H groups in total. The first kappa shape index (κ1) is 14.6. The summed E-state index contributed by atoms with van der Waals surface area (Å²) in [6.45, 7) is 0.833. The summed E-state index contributed by atoms with van der Waals surface area (Å²) in [4.78, 5) is 11.3. The van der Waals surface area contributed by atoms with Gasteiger partial charge in [-0.1, -0.05) is 12.1 Å². The molecule has 6 nitrogen and oxygen atoms in total. The van der Waals surface area contributed by atoms with Gasteiger partial charge in [-0.05, 0) is 17.7 Å². The fourth-order valence-electron chi connectivity index (χ4n) is 1.37. The third-order valence-electron chi connectivity index (χ3n) is 2.34. The maximum Gasteiger partial charge on any atom is 0.251 e. The van der Waals surface area contributed by atoms with Crippen molar-refractivity contribution in [3.8, 4) is 0 Å². The van der Waals surface area contributed by atoms with Gasteiger partial charge in [0.15, 0.2) is 0 Å². The number of carbonyl (C=O) groups excluding carboxylic acids is 1. The predicted octanol–water partition coefficient (Wildman–Crippen LogP) is -0.576. The minimum atomic E-state index is -3.42. The number of hydrogen-bond donors (Lipinski definition) is 3. The lowest BCUT2D eigenvalue weighted by Gasteiger charge is -2.05. The van der Waals surface area contributed by atoms with Crippen molar-refractivity contribution in [1.82, 2.24) is 10.6 Å². The lowest BCUT2D eigenvalue weighted by molar-refractivity contribution is 0.0963. The van der Waals surface area contributed by atoms with Gasteiger partial charge < -0.3 is 10.6 Å². The van der Waals surface area contributed by atoms with Gasteiger partial charge in [-0.3, -0.25) is 4.79 Å². The van der Waals surface area contributed by atoms with Crippen LogP contribution in [0.5, 0.6) is 0 Å². The molecule has 1 amide bonds. The Morgan fingerprint density at radius 3 is 2.39 bits per heavy atom. The van der Waals surface area contributed by atoms with Gasteiger partial charge in [-0.15, -0.1) is 0 Å². The van der Waals surface area contributed by atoms with Crippen molar-refractivity contribution in [2.24, 2.45) is 5.14 Å². The van der Waals surface area contributed by atoms with Gasteiger partial charge in [-0.25, -0.2) is 13.6 Å². The van der Waals surface area contributed by atoms with Gasteiger partial charge in [0.25, 0.3) is 5.91 Å². The minimum absolute atomic E-state index is 0.0939. The van der Waals surface area contributed by atoms with E-state index in [9.17, 15) is 13.2 Å². The first-order valence-electron chi connectivity index (χ1n) is 5.44. The summed E-state index contributed by atoms with van der Waals surface area (Å²) in [5, 5.41) is 10.4. The topological polar surface area (TPSA) is 101 Å². The summed E-state index contributed by atoms with van der Waals surface area (Å²) in [6.07, 6.45) is 0. The number of nitrogens with two attached hydrogens (primary N) is 1. The maximum atomic E-state index is 11.3. The smallest absolute Gasteiger partial charge is 0.251 e. The van der Waals surface area contributed by atoms with Gasteiger partial charge in [0, 0.05) is 25.7 Å². The van der Waals surface area contributed by atoms with E-state index in [0.717, 1.165) is 5.56 Å². The van der Waals surface area contributed by atoms with E-state index in [4.69, 9.17) is 5.14 Å². The molecule has 0 unspecified atom stereocenters. The van der Waals surface area contributed by atoms with Crippen LogP contribution in [0.4, 0.5) is 0 Å². The molecule has 0 saturated heterocycles. The zero-order valence-electron chi connectivity index (χ0n) is 10.1. The van der Waals surface area contributed by atoms with Crippen LogP contribution in [0.15, 0.2) is 24.3 Å². The number of carbonyl (C=O) groups is 1. The van der Waals surface area contributed by atoms with E-state index < -0.39 is 10.0 Å². The highest BCUT2D eigenvalue weighted by atomic mass is 32.2. The normalized spacial score (nSPS) is 11.2. The molecule has 0 heterocycles. The van der Waals surface area contributed by atoms with E-state index >= 15 is 0 Å². The van der Waals surface area contributed by atoms with Crippen molar-refractivity contribution >= 4 is 15.9 Å². The average Bonchev–Trinajstić information content (AvgIpc) is 2.33. The molecule has 0 bridgehead atoms. The molecule has 0 aliphatic carbocycles. The number of nitrogens with one attached hydrogen (secondary N) is 2. The van der Waals surface area contributed by atoms with Crippen LogP contribution in [0.2, 0.25) is 0 Å². The van der Waals surface area contributed by atoms with Crippen molar-refractivity contribution < 1.29 is 13.2 Å². The number of amides is 1. The third-order valence-corrected chi connectivity index (χ3v) is 3.11. The van der Waals surface area contributed by atoms with E-state index in [1.54, 1.807) is 19.2 Å². The Balaban J connectivity index is 2.42. The molecule has 0 atom stereocenters. The van der Waals surface area contributed by atoms with Crippen molar-refractivity contribution in [2.75, 3.05) is 19.3 Å². The van der Waals surface area contributed by atoms with Crippen molar-refractivity contribution in [1.29, 1.82) is 0 Å². The van der Waals surface area contributed by atoms with Crippen LogP contribution in [0.1, 0.15) is 15.9 Å². The van der Waals surface area contributed by atoms with Gasteiger partial charge >= 0.3 is 0 Å². The van der Waals surface area contributed by atoms with Crippen LogP contribution in [0.3, 0.4) is 0 Å². The molecule has 100 valence electrons. The molecule has 18 heavy (non-hydrogen) atoms. The number of sulfonamides is 1. The quantitative estimate of drug-likeness (QED) is 0.603. The lowest BCUT2D eigenvalue weighted by Crippen LogP contribution is -2.26. The molecule has 0 radical (unpaired) electrons. The number of hydrogen-bond acceptors (Lipinski definition) is 4. The van der Waals surface area contributed by atoms with E-state index in [-0.39, 0.29) is 11.7 Å². The van der Waals surface area contributed by atoms with Gasteiger partial charge in [-0.2, -0.15) is 0 Å². The molecule has 0 spiro atoms. The van der Waals surface area contributed by atoms with Crippen LogP contribution >= 0.6 is 0 Å². The Hall–Kier alpha value is -1.44. The van der Waals surface area contributed by atoms with E-state index in [2.05, 4.69) is 10.6 Å². The second kappa shape index (κ2) is 6.48. The van der Waals surface area contributed by atoms with Crippen molar-refractivity contribution in [3.05, 3.63) is 35.4 Å². The number of benzene rings is 1. The molecule has 1 rings (SSSR count). The van der Waals surface area contributed by atoms with Crippen LogP contribution in [-0.2, 0) is 16.6 Å². The highest BCUT2D eigenvalue weighted by Gasteiger charge is 2.03. The Morgan fingerprint density at radius 1 is 1.28 bits per heavy atom. The fraction of sp³-hybridized carbons (Fsp3) is 0.364. The Bertz CT molecular complexity index is 497. The lowest BCUT2D eigenvalue weighted by atomic mass is 10.1. The van der Waals surface area contributed by atoms with E-state index in [1.165, 1.54) is 0 Å². The van der Waals surface area contributed by atoms with Crippen LogP contribution in [0.25, 0.3) is 0 Å². The Kier molecular flexibility index (Phi) is 5.26. The van der Waals surface area contributed by atoms with Gasteiger partial charge in [0.05, 0.1) is 5.75 Å². The van der Waals surface area contributed by atoms with Gasteiger partial charge in [0.2, 0.25) is 10.0 Å². The van der Waals surface area contributed by atoms with E-state index in [0.29, 0.717) is 18.7 Å². The summed E-state index contributed by atoms with van der Waals surface area (Å²) < 4.78 is 21.4. The zero-order chi connectivity index (χ0) is 13.6. The largest absolute Gasteiger partial charge is 0.355 e. The standard InChI is InChI=1S/C11H17N3O3S/c1-13-11(15)10-4-2-9(3-5-10)8-14-6-7-18(12,16)17/h2-5,14H,6-8H2,1H3,(H,13,15)(H2,12,16,17). The molecule has 7 heteroatoms. The van der Waals surface area contributed by atoms with Gasteiger partial charge in [0.1, 0.15) is 0 Å². The zero-order valence-corrected chi connectivity index (χ0v) is 11.0. The summed E-state index contributed by atoms with van der Waals surface area (Å²) in [6, 6.07) is 7.06. The SMILES string of the molecule is CNC(=O)c1ccc(CNCCS(N)(=O)=O)cc1. The molecule has 0 saturated carbocycles. The Morgan fingerprint density at radius 2 is 1.89 bits per heavy atom. The monoisotopic (exact) mass is 271 g/mol. The van der Waals surface area contributed by atoms with Crippen molar-refractivity contribution in [3.63, 3.8) is 0 Å². The first-order valence-corrected chi connectivity index (χ1v) is 7.16. The second-order valence-electron chi connectivity index (χ2n) is 3.82. The first-order chi connectivity index (χ1) is 8.42. The third kappa shape index (κ3) is 5.26. The second-order valence-corrected chi connectivity index (χ2v) is 5.55. The molecule has 0 aliphatic rings. The minimum Gasteiger partial charge on any atom is -0.355 e. The van der Waals surface area contributed by atoms with E-state index in [1.807, 2.05) is 12.1 Å². The summed E-state index contributed by atoms with van der Waals surface area (Å²) in [5.41, 5.74) is 1.56. The Labute approximate surface area is 107 Å². The van der Waals surface area contributed by atoms with Crippen LogP contribution < -0.4 is 15.8 Å². The highest BCUT2D eigenvalue weighted by Crippen LogP contribution is 2.03. The average molecular weight is 271 g/mol. The molecule has 1 aromatic rings. The number of primary sulfonamides is 1. The fourth-order valence-corrected chi connectivity index (χ4v) is 1.79. The molecule has 0 aliphatic heterocycles. The molecule has 0 aromatic heterocycles. The summed E-state index contributed by atoms with van der Waals surface area (Å²) in [7, 11) is -1.84. The summed E-state index contributed by atoms with van der Waals surface area (Å²) in [5.74, 6) is -0.229. The summed E-state index contributed by atoms with van der Waals surface area (Å²) >= 11 is 0. The molecular weight excluding hydrogens is 254 g/mol. The van der Waals surface area contributed by atoms with Crippen LogP contribution in [-0.4, -0.2) is 33.7 Å². The number of rotatable bonds is 6. The van der Waals surface area contributed by atoms with Crippen LogP contribution in [0, 0.1) is 0 Å². The molecule has 1 aromatic carbocycles. The van der Waals surface area contributed by atoms with Crippen molar-refractivity contribution in [2.45, 2.75) is 6.54 Å². The molecular formula is C11H17N3O3S. The maximum absolute atomic E-state index is 11.3.